The molecule has 0 bridgehead atoms. The zero-order valence-electron chi connectivity index (χ0n) is 20.4. The van der Waals surface area contributed by atoms with Crippen LogP contribution in [0.4, 0.5) is 4.79 Å². The van der Waals surface area contributed by atoms with Crippen LogP contribution in [-0.2, 0) is 48.8 Å². The van der Waals surface area contributed by atoms with Crippen LogP contribution in [0.2, 0.25) is 0 Å². The maximum Gasteiger partial charge on any atom is 0.449 e. The lowest BCUT2D eigenvalue weighted by Gasteiger charge is -2.43. The van der Waals surface area contributed by atoms with Crippen molar-refractivity contribution in [2.24, 2.45) is 5.16 Å². The molecule has 0 aliphatic carbocycles. The molecule has 5 atom stereocenters. The van der Waals surface area contributed by atoms with Gasteiger partial charge in [0.25, 0.3) is 17.2 Å². The summed E-state index contributed by atoms with van der Waals surface area (Å²) in [5.74, 6) is -3.81. The summed E-state index contributed by atoms with van der Waals surface area (Å²) >= 11 is -1.38. The second-order valence-corrected chi connectivity index (χ2v) is 10.9. The minimum atomic E-state index is -2.37. The first kappa shape index (κ1) is 27.3. The molecule has 1 spiro atoms. The van der Waals surface area contributed by atoms with Crippen molar-refractivity contribution in [2.75, 3.05) is 40.6 Å². The van der Waals surface area contributed by atoms with Gasteiger partial charge in [0.2, 0.25) is 10.8 Å². The molecule has 0 radical (unpaired) electrons. The minimum Gasteiger partial charge on any atom is -0.345 e. The Hall–Kier alpha value is -1.33. The summed E-state index contributed by atoms with van der Waals surface area (Å²) in [4.78, 5) is 30.5. The molecule has 0 N–H and O–H groups in total. The summed E-state index contributed by atoms with van der Waals surface area (Å²) in [6.45, 7) is 7.02. The molecule has 3 fully saturated rings. The number of rotatable bonds is 4. The van der Waals surface area contributed by atoms with Crippen LogP contribution >= 0.6 is 11.8 Å². The predicted octanol–water partition coefficient (Wildman–Crippen LogP) is 0.813. The van der Waals surface area contributed by atoms with Crippen molar-refractivity contribution < 1.29 is 46.5 Å². The fourth-order valence-electron chi connectivity index (χ4n) is 3.60. The third-order valence-corrected chi connectivity index (χ3v) is 6.74. The number of hydrogen-bond donors (Lipinski definition) is 0. The molecule has 3 heterocycles. The van der Waals surface area contributed by atoms with Gasteiger partial charge in [-0.25, -0.2) is 13.3 Å². The molecule has 2 amide bonds. The summed E-state index contributed by atoms with van der Waals surface area (Å²) in [5.41, 5.74) is 0. The molecule has 3 rings (SSSR count). The van der Waals surface area contributed by atoms with Gasteiger partial charge in [0.05, 0.1) is 6.61 Å². The highest BCUT2D eigenvalue weighted by Gasteiger charge is 2.64. The lowest BCUT2D eigenvalue weighted by atomic mass is 9.97. The van der Waals surface area contributed by atoms with Crippen LogP contribution in [0, 0.1) is 0 Å². The van der Waals surface area contributed by atoms with Crippen LogP contribution in [0.1, 0.15) is 27.7 Å². The first-order valence-electron chi connectivity index (χ1n) is 10.4. The van der Waals surface area contributed by atoms with Crippen molar-refractivity contribution in [3.8, 4) is 0 Å². The van der Waals surface area contributed by atoms with Crippen LogP contribution in [0.25, 0.3) is 0 Å². The lowest BCUT2D eigenvalue weighted by molar-refractivity contribution is -0.320. The first-order valence-corrected chi connectivity index (χ1v) is 12.7. The van der Waals surface area contributed by atoms with E-state index in [1.54, 1.807) is 34.0 Å². The zero-order valence-corrected chi connectivity index (χ0v) is 22.0. The highest BCUT2D eigenvalue weighted by molar-refractivity contribution is 8.15. The Labute approximate surface area is 205 Å². The summed E-state index contributed by atoms with van der Waals surface area (Å²) in [7, 11) is 4.26. The SMILES string of the molecule is CS/C(=N\OC(=O)N(C)S(=O)O[C@H]1[C@@H]2OC(C)(C)O[C@@H]2CO[C@]12COC(C)(C)O2)C(=O)N(C)C. The topological polar surface area (TPSA) is 135 Å². The largest absolute Gasteiger partial charge is 0.449 e. The quantitative estimate of drug-likeness (QED) is 0.223. The third kappa shape index (κ3) is 5.73. The molecule has 194 valence electrons. The molecule has 3 aliphatic rings. The predicted molar refractivity (Wildman–Crippen MR) is 121 cm³/mol. The van der Waals surface area contributed by atoms with Crippen molar-refractivity contribution in [2.45, 2.75) is 63.4 Å². The maximum absolute atomic E-state index is 13.0. The van der Waals surface area contributed by atoms with E-state index in [1.165, 1.54) is 26.0 Å². The van der Waals surface area contributed by atoms with Gasteiger partial charge in [0.15, 0.2) is 17.7 Å². The molecule has 0 aromatic rings. The fourth-order valence-corrected chi connectivity index (χ4v) is 4.79. The van der Waals surface area contributed by atoms with E-state index in [2.05, 4.69) is 5.16 Å². The summed E-state index contributed by atoms with van der Waals surface area (Å²) < 4.78 is 49.0. The van der Waals surface area contributed by atoms with E-state index in [-0.39, 0.29) is 18.3 Å². The van der Waals surface area contributed by atoms with Crippen molar-refractivity contribution in [3.63, 3.8) is 0 Å². The van der Waals surface area contributed by atoms with Gasteiger partial charge in [0.1, 0.15) is 18.8 Å². The fraction of sp³-hybridized carbons (Fsp3) is 0.842. The Balaban J connectivity index is 1.75. The smallest absolute Gasteiger partial charge is 0.345 e. The zero-order chi connectivity index (χ0) is 25.5. The molecular weight excluding hydrogens is 494 g/mol. The van der Waals surface area contributed by atoms with E-state index in [0.29, 0.717) is 4.31 Å². The third-order valence-electron chi connectivity index (χ3n) is 5.14. The Bertz CT molecular complexity index is 865. The maximum atomic E-state index is 13.0. The molecule has 0 aromatic carbocycles. The number of nitrogens with zero attached hydrogens (tertiary/aromatic N) is 3. The number of hydrogen-bond acceptors (Lipinski definition) is 12. The Morgan fingerprint density at radius 1 is 1.09 bits per heavy atom. The van der Waals surface area contributed by atoms with Crippen molar-refractivity contribution >= 4 is 40.1 Å². The number of carbonyl (C=O) groups excluding carboxylic acids is 2. The van der Waals surface area contributed by atoms with E-state index < -0.39 is 58.9 Å². The average Bonchev–Trinajstić information content (AvgIpc) is 3.24. The van der Waals surface area contributed by atoms with Gasteiger partial charge >= 0.3 is 6.09 Å². The van der Waals surface area contributed by atoms with Gasteiger partial charge in [-0.1, -0.05) is 5.16 Å². The molecule has 15 heteroatoms. The van der Waals surface area contributed by atoms with Crippen LogP contribution in [0.5, 0.6) is 0 Å². The van der Waals surface area contributed by atoms with Gasteiger partial charge in [0, 0.05) is 21.1 Å². The van der Waals surface area contributed by atoms with Crippen LogP contribution in [-0.4, -0.2) is 107 Å². The number of carbonyl (C=O) groups is 2. The Kier molecular flexibility index (Phi) is 7.99. The van der Waals surface area contributed by atoms with Gasteiger partial charge in [-0.05, 0) is 34.0 Å². The number of thioether (sulfide) groups is 1. The second-order valence-electron chi connectivity index (χ2n) is 8.94. The standard InChI is InChI=1S/C19H31N3O10S2/c1-17(2)27-10-19(32-17)13(12-11(9-26-19)28-18(3,4)29-12)31-34(25)22(7)16(24)30-20-14(33-8)15(23)21(5)6/h11-13H,9-10H2,1-8H3/b20-14-/t11-,12-,13+,19+,34?/m1/s1. The molecule has 34 heavy (non-hydrogen) atoms. The van der Waals surface area contributed by atoms with Gasteiger partial charge in [-0.15, -0.1) is 11.8 Å². The van der Waals surface area contributed by atoms with Crippen molar-refractivity contribution in [1.29, 1.82) is 0 Å². The monoisotopic (exact) mass is 525 g/mol. The van der Waals surface area contributed by atoms with Crippen molar-refractivity contribution in [1.82, 2.24) is 9.21 Å². The van der Waals surface area contributed by atoms with Crippen LogP contribution in [0.3, 0.4) is 0 Å². The van der Waals surface area contributed by atoms with Crippen LogP contribution in [0.15, 0.2) is 5.16 Å². The number of ether oxygens (including phenoxy) is 5. The minimum absolute atomic E-state index is 0.0168. The Morgan fingerprint density at radius 2 is 1.76 bits per heavy atom. The van der Waals surface area contributed by atoms with Gasteiger partial charge < -0.3 is 28.6 Å². The molecule has 0 saturated carbocycles. The molecule has 3 saturated heterocycles. The lowest BCUT2D eigenvalue weighted by Crippen LogP contribution is -2.63. The Morgan fingerprint density at radius 3 is 2.32 bits per heavy atom. The van der Waals surface area contributed by atoms with E-state index in [4.69, 9.17) is 32.7 Å². The average molecular weight is 526 g/mol. The van der Waals surface area contributed by atoms with Crippen LogP contribution < -0.4 is 0 Å². The number of amides is 2. The molecule has 3 aliphatic heterocycles. The summed E-state index contributed by atoms with van der Waals surface area (Å²) in [5, 5.41) is 3.51. The molecular formula is C19H31N3O10S2. The number of fused-ring (bicyclic) bond motifs is 1. The van der Waals surface area contributed by atoms with Crippen molar-refractivity contribution in [3.05, 3.63) is 0 Å². The summed E-state index contributed by atoms with van der Waals surface area (Å²) in [6.07, 6.45) is -1.81. The summed E-state index contributed by atoms with van der Waals surface area (Å²) in [6, 6.07) is 0. The first-order chi connectivity index (χ1) is 15.7. The highest BCUT2D eigenvalue weighted by Crippen LogP contribution is 2.45. The van der Waals surface area contributed by atoms with E-state index in [1.807, 2.05) is 0 Å². The van der Waals surface area contributed by atoms with Gasteiger partial charge in [-0.2, -0.15) is 0 Å². The van der Waals surface area contributed by atoms with E-state index in [9.17, 15) is 13.8 Å². The highest BCUT2D eigenvalue weighted by atomic mass is 32.2. The molecule has 0 aromatic heterocycles. The normalized spacial score (nSPS) is 32.8. The van der Waals surface area contributed by atoms with Gasteiger partial charge in [-0.3, -0.25) is 13.8 Å². The van der Waals surface area contributed by atoms with E-state index in [0.717, 1.165) is 11.8 Å². The molecule has 1 unspecified atom stereocenters. The van der Waals surface area contributed by atoms with E-state index >= 15 is 0 Å². The molecule has 13 nitrogen and oxygen atoms in total. The second kappa shape index (κ2) is 9.97. The number of oxime groups is 1.